The van der Waals surface area contributed by atoms with Crippen LogP contribution in [0.3, 0.4) is 0 Å². The highest BCUT2D eigenvalue weighted by molar-refractivity contribution is 4.72. The quantitative estimate of drug-likeness (QED) is 0.700. The number of nitrogens with one attached hydrogen (secondary N) is 1. The Labute approximate surface area is 81.7 Å². The number of hydrogen-bond acceptors (Lipinski definition) is 2. The molecule has 1 aliphatic heterocycles. The first-order valence-corrected chi connectivity index (χ1v) is 5.57. The van der Waals surface area contributed by atoms with Crippen molar-refractivity contribution < 1.29 is 5.11 Å². The summed E-state index contributed by atoms with van der Waals surface area (Å²) in [6.07, 6.45) is 4.40. The van der Waals surface area contributed by atoms with Gasteiger partial charge in [-0.25, -0.2) is 0 Å². The van der Waals surface area contributed by atoms with E-state index in [1.54, 1.807) is 0 Å². The van der Waals surface area contributed by atoms with Gasteiger partial charge in [0.1, 0.15) is 0 Å². The van der Waals surface area contributed by atoms with Gasteiger partial charge in [0, 0.05) is 0 Å². The Hall–Kier alpha value is -0.0800. The molecule has 0 radical (unpaired) electrons. The number of aliphatic hydroxyl groups excluding tert-OH is 1. The highest BCUT2D eigenvalue weighted by Crippen LogP contribution is 2.20. The molecule has 1 heterocycles. The van der Waals surface area contributed by atoms with Gasteiger partial charge < -0.3 is 10.4 Å². The molecule has 1 aliphatic rings. The summed E-state index contributed by atoms with van der Waals surface area (Å²) in [5.74, 6) is 1.38. The van der Waals surface area contributed by atoms with E-state index in [-0.39, 0.29) is 6.10 Å². The van der Waals surface area contributed by atoms with Crippen LogP contribution in [0.15, 0.2) is 0 Å². The van der Waals surface area contributed by atoms with Crippen LogP contribution in [0.2, 0.25) is 0 Å². The zero-order valence-corrected chi connectivity index (χ0v) is 8.92. The Balaban J connectivity index is 2.14. The summed E-state index contributed by atoms with van der Waals surface area (Å²) in [5.41, 5.74) is 0. The summed E-state index contributed by atoms with van der Waals surface area (Å²) in [4.78, 5) is 0. The van der Waals surface area contributed by atoms with Crippen molar-refractivity contribution in [2.75, 3.05) is 13.1 Å². The smallest absolute Gasteiger partial charge is 0.0545 e. The van der Waals surface area contributed by atoms with E-state index in [2.05, 4.69) is 19.2 Å². The molecule has 1 atom stereocenters. The average Bonchev–Trinajstić information content (AvgIpc) is 2.04. The van der Waals surface area contributed by atoms with Gasteiger partial charge in [0.05, 0.1) is 6.10 Å². The van der Waals surface area contributed by atoms with Gasteiger partial charge in [0.25, 0.3) is 0 Å². The summed E-state index contributed by atoms with van der Waals surface area (Å²) in [7, 11) is 0. The third-order valence-corrected chi connectivity index (χ3v) is 2.81. The molecular formula is C11H23NO. The molecule has 0 spiro atoms. The van der Waals surface area contributed by atoms with Gasteiger partial charge >= 0.3 is 0 Å². The SMILES string of the molecule is CC(C)CC(O)CC1CCNCC1. The zero-order valence-electron chi connectivity index (χ0n) is 8.92. The molecule has 0 aromatic heterocycles. The van der Waals surface area contributed by atoms with Crippen LogP contribution in [0.5, 0.6) is 0 Å². The van der Waals surface area contributed by atoms with E-state index in [1.807, 2.05) is 0 Å². The number of piperidine rings is 1. The lowest BCUT2D eigenvalue weighted by Gasteiger charge is -2.25. The van der Waals surface area contributed by atoms with Crippen LogP contribution < -0.4 is 5.32 Å². The van der Waals surface area contributed by atoms with Gasteiger partial charge in [-0.3, -0.25) is 0 Å². The lowest BCUT2D eigenvalue weighted by molar-refractivity contribution is 0.111. The van der Waals surface area contributed by atoms with Gasteiger partial charge in [-0.1, -0.05) is 13.8 Å². The predicted molar refractivity (Wildman–Crippen MR) is 55.7 cm³/mol. The van der Waals surface area contributed by atoms with Crippen molar-refractivity contribution in [3.8, 4) is 0 Å². The topological polar surface area (TPSA) is 32.3 Å². The number of hydrogen-bond donors (Lipinski definition) is 2. The molecule has 1 rings (SSSR count). The van der Waals surface area contributed by atoms with Gasteiger partial charge in [0.15, 0.2) is 0 Å². The minimum absolute atomic E-state index is 0.0666. The van der Waals surface area contributed by atoms with Crippen molar-refractivity contribution in [3.63, 3.8) is 0 Å². The first-order chi connectivity index (χ1) is 6.18. The number of rotatable bonds is 4. The molecule has 78 valence electrons. The third-order valence-electron chi connectivity index (χ3n) is 2.81. The summed E-state index contributed by atoms with van der Waals surface area (Å²) < 4.78 is 0. The van der Waals surface area contributed by atoms with E-state index >= 15 is 0 Å². The van der Waals surface area contributed by atoms with Crippen molar-refractivity contribution in [3.05, 3.63) is 0 Å². The second kappa shape index (κ2) is 5.61. The van der Waals surface area contributed by atoms with Crippen LogP contribution in [-0.4, -0.2) is 24.3 Å². The van der Waals surface area contributed by atoms with Crippen molar-refractivity contribution in [1.82, 2.24) is 5.32 Å². The second-order valence-electron chi connectivity index (χ2n) is 4.71. The second-order valence-corrected chi connectivity index (χ2v) is 4.71. The molecule has 1 unspecified atom stereocenters. The maximum absolute atomic E-state index is 9.75. The largest absolute Gasteiger partial charge is 0.393 e. The summed E-state index contributed by atoms with van der Waals surface area (Å²) in [6, 6.07) is 0. The molecule has 1 fully saturated rings. The van der Waals surface area contributed by atoms with E-state index < -0.39 is 0 Å². The minimum atomic E-state index is -0.0666. The fourth-order valence-electron chi connectivity index (χ4n) is 2.14. The molecule has 1 saturated heterocycles. The fourth-order valence-corrected chi connectivity index (χ4v) is 2.14. The monoisotopic (exact) mass is 185 g/mol. The summed E-state index contributed by atoms with van der Waals surface area (Å²) >= 11 is 0. The standard InChI is InChI=1S/C11H23NO/c1-9(2)7-11(13)8-10-3-5-12-6-4-10/h9-13H,3-8H2,1-2H3. The minimum Gasteiger partial charge on any atom is -0.393 e. The Morgan fingerprint density at radius 2 is 1.92 bits per heavy atom. The van der Waals surface area contributed by atoms with Gasteiger partial charge in [-0.15, -0.1) is 0 Å². The zero-order chi connectivity index (χ0) is 9.68. The normalized spacial score (nSPS) is 22.2. The Morgan fingerprint density at radius 1 is 1.31 bits per heavy atom. The Bertz CT molecular complexity index is 130. The molecule has 0 amide bonds. The lowest BCUT2D eigenvalue weighted by atomic mass is 9.89. The predicted octanol–water partition coefficient (Wildman–Crippen LogP) is 1.78. The maximum Gasteiger partial charge on any atom is 0.0545 e. The molecule has 0 bridgehead atoms. The van der Waals surface area contributed by atoms with Gasteiger partial charge in [-0.05, 0) is 50.6 Å². The van der Waals surface area contributed by atoms with E-state index in [4.69, 9.17) is 0 Å². The molecular weight excluding hydrogens is 162 g/mol. The molecule has 13 heavy (non-hydrogen) atoms. The molecule has 2 N–H and O–H groups in total. The van der Waals surface area contributed by atoms with Crippen molar-refractivity contribution in [2.45, 2.75) is 45.6 Å². The highest BCUT2D eigenvalue weighted by atomic mass is 16.3. The van der Waals surface area contributed by atoms with Crippen LogP contribution in [0.1, 0.15) is 39.5 Å². The van der Waals surface area contributed by atoms with E-state index in [0.29, 0.717) is 5.92 Å². The Morgan fingerprint density at radius 3 is 2.46 bits per heavy atom. The van der Waals surface area contributed by atoms with Crippen LogP contribution in [0.4, 0.5) is 0 Å². The van der Waals surface area contributed by atoms with Crippen LogP contribution in [0, 0.1) is 11.8 Å². The molecule has 0 aliphatic carbocycles. The lowest BCUT2D eigenvalue weighted by Crippen LogP contribution is -2.30. The molecule has 0 aromatic rings. The van der Waals surface area contributed by atoms with E-state index in [9.17, 15) is 5.11 Å². The molecule has 2 heteroatoms. The summed E-state index contributed by atoms with van der Waals surface area (Å²) in [5, 5.41) is 13.1. The number of aliphatic hydroxyl groups is 1. The van der Waals surface area contributed by atoms with E-state index in [1.165, 1.54) is 12.8 Å². The fraction of sp³-hybridized carbons (Fsp3) is 1.00. The van der Waals surface area contributed by atoms with Crippen LogP contribution >= 0.6 is 0 Å². The average molecular weight is 185 g/mol. The Kier molecular flexibility index (Phi) is 4.74. The molecule has 0 aromatic carbocycles. The van der Waals surface area contributed by atoms with Crippen LogP contribution in [-0.2, 0) is 0 Å². The van der Waals surface area contributed by atoms with Crippen LogP contribution in [0.25, 0.3) is 0 Å². The van der Waals surface area contributed by atoms with Gasteiger partial charge in [-0.2, -0.15) is 0 Å². The van der Waals surface area contributed by atoms with Crippen molar-refractivity contribution in [2.24, 2.45) is 11.8 Å². The third kappa shape index (κ3) is 4.63. The molecule has 0 saturated carbocycles. The first-order valence-electron chi connectivity index (χ1n) is 5.57. The summed E-state index contributed by atoms with van der Waals surface area (Å²) in [6.45, 7) is 6.62. The highest BCUT2D eigenvalue weighted by Gasteiger charge is 2.17. The van der Waals surface area contributed by atoms with E-state index in [0.717, 1.165) is 31.8 Å². The van der Waals surface area contributed by atoms with Crippen molar-refractivity contribution >= 4 is 0 Å². The molecule has 2 nitrogen and oxygen atoms in total. The first kappa shape index (κ1) is 11.0. The van der Waals surface area contributed by atoms with Gasteiger partial charge in [0.2, 0.25) is 0 Å². The maximum atomic E-state index is 9.75. The van der Waals surface area contributed by atoms with Crippen molar-refractivity contribution in [1.29, 1.82) is 0 Å².